The van der Waals surface area contributed by atoms with Crippen molar-refractivity contribution in [3.63, 3.8) is 0 Å². The Hall–Kier alpha value is -1.47. The molecule has 0 aromatic carbocycles. The number of piperazine rings is 1. The van der Waals surface area contributed by atoms with Crippen LogP contribution in [0.15, 0.2) is 17.3 Å². The summed E-state index contributed by atoms with van der Waals surface area (Å²) in [5.74, 6) is -0.126. The van der Waals surface area contributed by atoms with Gasteiger partial charge in [-0.2, -0.15) is 14.5 Å². The van der Waals surface area contributed by atoms with E-state index in [9.17, 15) is 13.2 Å². The Labute approximate surface area is 159 Å². The largest absolute Gasteiger partial charge is 0.335 e. The third kappa shape index (κ3) is 3.19. The molecule has 1 fully saturated rings. The van der Waals surface area contributed by atoms with Crippen LogP contribution in [0.4, 0.5) is 0 Å². The summed E-state index contributed by atoms with van der Waals surface area (Å²) in [6.07, 6.45) is 3.01. The van der Waals surface area contributed by atoms with Gasteiger partial charge < -0.3 is 4.90 Å². The van der Waals surface area contributed by atoms with Crippen molar-refractivity contribution in [1.29, 1.82) is 0 Å². The summed E-state index contributed by atoms with van der Waals surface area (Å²) < 4.78 is 30.9. The highest BCUT2D eigenvalue weighted by Crippen LogP contribution is 2.21. The number of hydrogen-bond donors (Lipinski definition) is 0. The maximum Gasteiger partial charge on any atom is 0.273 e. The van der Waals surface area contributed by atoms with Crippen LogP contribution in [0, 0.1) is 10.5 Å². The fourth-order valence-electron chi connectivity index (χ4n) is 2.80. The van der Waals surface area contributed by atoms with Gasteiger partial charge in [0.05, 0.1) is 21.7 Å². The van der Waals surface area contributed by atoms with Crippen molar-refractivity contribution in [3.05, 3.63) is 27.4 Å². The van der Waals surface area contributed by atoms with Gasteiger partial charge in [-0.15, -0.1) is 0 Å². The lowest BCUT2D eigenvalue weighted by molar-refractivity contribution is 0.0685. The van der Waals surface area contributed by atoms with Crippen molar-refractivity contribution in [1.82, 2.24) is 28.8 Å². The average molecular weight is 478 g/mol. The number of hydrogen-bond acceptors (Lipinski definition) is 5. The van der Waals surface area contributed by atoms with E-state index in [-0.39, 0.29) is 23.9 Å². The second kappa shape index (κ2) is 6.68. The molecule has 25 heavy (non-hydrogen) atoms. The van der Waals surface area contributed by atoms with E-state index in [2.05, 4.69) is 32.8 Å². The summed E-state index contributed by atoms with van der Waals surface area (Å²) in [6, 6.07) is 0. The van der Waals surface area contributed by atoms with Gasteiger partial charge in [0.15, 0.2) is 0 Å². The lowest BCUT2D eigenvalue weighted by Crippen LogP contribution is -2.50. The molecule has 0 saturated carbocycles. The van der Waals surface area contributed by atoms with Gasteiger partial charge in [-0.3, -0.25) is 14.2 Å². The predicted molar refractivity (Wildman–Crippen MR) is 98.5 cm³/mol. The standard InChI is InChI=1S/C14H19IN6O3S/c1-10-12(9-17-18(10)2)25(23,24)21-6-4-20(5-7-21)14(22)13-11(15)8-16-19(13)3/h8-9H,4-7H2,1-3H3. The average Bonchev–Trinajstić information content (AvgIpc) is 3.10. The van der Waals surface area contributed by atoms with Gasteiger partial charge in [0.1, 0.15) is 10.6 Å². The van der Waals surface area contributed by atoms with Gasteiger partial charge in [0, 0.05) is 40.3 Å². The molecular weight excluding hydrogens is 459 g/mol. The van der Waals surface area contributed by atoms with Crippen LogP contribution in [0.1, 0.15) is 16.2 Å². The first-order valence-corrected chi connectivity index (χ1v) is 10.2. The Balaban J connectivity index is 1.74. The molecule has 0 aliphatic carbocycles. The number of nitrogens with zero attached hydrogens (tertiary/aromatic N) is 6. The molecule has 1 aliphatic heterocycles. The number of aromatic nitrogens is 4. The Morgan fingerprint density at radius 1 is 1.08 bits per heavy atom. The molecular formula is C14H19IN6O3S. The first-order valence-electron chi connectivity index (χ1n) is 7.69. The minimum Gasteiger partial charge on any atom is -0.335 e. The second-order valence-corrected chi connectivity index (χ2v) is 8.95. The first-order chi connectivity index (χ1) is 11.7. The van der Waals surface area contributed by atoms with E-state index in [1.807, 2.05) is 0 Å². The van der Waals surface area contributed by atoms with Crippen molar-refractivity contribution in [3.8, 4) is 0 Å². The predicted octanol–water partition coefficient (Wildman–Crippen LogP) is 0.213. The summed E-state index contributed by atoms with van der Waals surface area (Å²) in [6.45, 7) is 2.94. The topological polar surface area (TPSA) is 93.3 Å². The third-order valence-electron chi connectivity index (χ3n) is 4.43. The molecule has 0 radical (unpaired) electrons. The van der Waals surface area contributed by atoms with E-state index in [0.29, 0.717) is 24.5 Å². The number of carbonyl (C=O) groups excluding carboxylic acids is 1. The molecule has 1 aliphatic rings. The monoisotopic (exact) mass is 478 g/mol. The number of aryl methyl sites for hydroxylation is 2. The second-order valence-electron chi connectivity index (χ2n) is 5.88. The number of amides is 1. The molecule has 136 valence electrons. The summed E-state index contributed by atoms with van der Waals surface area (Å²) in [5, 5.41) is 8.09. The van der Waals surface area contributed by atoms with Crippen LogP contribution in [0.3, 0.4) is 0 Å². The molecule has 11 heteroatoms. The highest BCUT2D eigenvalue weighted by atomic mass is 127. The molecule has 0 spiro atoms. The number of halogens is 1. The Morgan fingerprint density at radius 2 is 1.68 bits per heavy atom. The van der Waals surface area contributed by atoms with Crippen molar-refractivity contribution in [2.24, 2.45) is 14.1 Å². The fourth-order valence-corrected chi connectivity index (χ4v) is 5.12. The zero-order valence-corrected chi connectivity index (χ0v) is 17.2. The Morgan fingerprint density at radius 3 is 2.16 bits per heavy atom. The van der Waals surface area contributed by atoms with E-state index in [4.69, 9.17) is 0 Å². The van der Waals surface area contributed by atoms with E-state index >= 15 is 0 Å². The van der Waals surface area contributed by atoms with Gasteiger partial charge in [-0.1, -0.05) is 0 Å². The normalized spacial score (nSPS) is 16.4. The molecule has 2 aromatic heterocycles. The molecule has 1 amide bonds. The third-order valence-corrected chi connectivity index (χ3v) is 7.22. The van der Waals surface area contributed by atoms with E-state index in [0.717, 1.165) is 3.57 Å². The van der Waals surface area contributed by atoms with Crippen LogP contribution in [0.2, 0.25) is 0 Å². The minimum atomic E-state index is -3.60. The SMILES string of the molecule is Cc1c(S(=O)(=O)N2CCN(C(=O)c3c(I)cnn3C)CC2)cnn1C. The maximum absolute atomic E-state index is 12.8. The smallest absolute Gasteiger partial charge is 0.273 e. The molecule has 1 saturated heterocycles. The Bertz CT molecular complexity index is 892. The fraction of sp³-hybridized carbons (Fsp3) is 0.500. The molecule has 0 N–H and O–H groups in total. The number of rotatable bonds is 3. The summed E-state index contributed by atoms with van der Waals surface area (Å²) >= 11 is 2.08. The van der Waals surface area contributed by atoms with Gasteiger partial charge >= 0.3 is 0 Å². The van der Waals surface area contributed by atoms with Crippen LogP contribution < -0.4 is 0 Å². The van der Waals surface area contributed by atoms with Crippen molar-refractivity contribution in [2.75, 3.05) is 26.2 Å². The zero-order chi connectivity index (χ0) is 18.4. The van der Waals surface area contributed by atoms with Crippen molar-refractivity contribution in [2.45, 2.75) is 11.8 Å². The lowest BCUT2D eigenvalue weighted by atomic mass is 10.3. The molecule has 9 nitrogen and oxygen atoms in total. The van der Waals surface area contributed by atoms with Gasteiger partial charge in [0.25, 0.3) is 5.91 Å². The Kier molecular flexibility index (Phi) is 4.90. The molecule has 2 aromatic rings. The summed E-state index contributed by atoms with van der Waals surface area (Å²) in [7, 11) is -0.166. The van der Waals surface area contributed by atoms with Crippen LogP contribution >= 0.6 is 22.6 Å². The molecule has 0 bridgehead atoms. The lowest BCUT2D eigenvalue weighted by Gasteiger charge is -2.33. The van der Waals surface area contributed by atoms with Gasteiger partial charge in [-0.25, -0.2) is 8.42 Å². The highest BCUT2D eigenvalue weighted by molar-refractivity contribution is 14.1. The molecule has 3 rings (SSSR count). The zero-order valence-electron chi connectivity index (χ0n) is 14.2. The first kappa shape index (κ1) is 18.3. The number of carbonyl (C=O) groups is 1. The molecule has 0 atom stereocenters. The van der Waals surface area contributed by atoms with Gasteiger partial charge in [-0.05, 0) is 29.5 Å². The van der Waals surface area contributed by atoms with Crippen LogP contribution in [0.5, 0.6) is 0 Å². The van der Waals surface area contributed by atoms with Crippen molar-refractivity contribution < 1.29 is 13.2 Å². The van der Waals surface area contributed by atoms with Crippen LogP contribution in [0.25, 0.3) is 0 Å². The minimum absolute atomic E-state index is 0.126. The summed E-state index contributed by atoms with van der Waals surface area (Å²) in [4.78, 5) is 14.6. The maximum atomic E-state index is 12.8. The van der Waals surface area contributed by atoms with E-state index in [1.54, 1.807) is 36.8 Å². The number of sulfonamides is 1. The summed E-state index contributed by atoms with van der Waals surface area (Å²) in [5.41, 5.74) is 1.13. The molecule has 3 heterocycles. The quantitative estimate of drug-likeness (QED) is 0.589. The highest BCUT2D eigenvalue weighted by Gasteiger charge is 2.33. The van der Waals surface area contributed by atoms with Crippen LogP contribution in [-0.2, 0) is 24.1 Å². The molecule has 0 unspecified atom stereocenters. The van der Waals surface area contributed by atoms with Crippen LogP contribution in [-0.4, -0.2) is 69.3 Å². The van der Waals surface area contributed by atoms with Crippen molar-refractivity contribution >= 4 is 38.5 Å². The van der Waals surface area contributed by atoms with E-state index in [1.165, 1.54) is 15.2 Å². The van der Waals surface area contributed by atoms with Gasteiger partial charge in [0.2, 0.25) is 10.0 Å². The van der Waals surface area contributed by atoms with E-state index < -0.39 is 10.0 Å².